The van der Waals surface area contributed by atoms with Gasteiger partial charge >= 0.3 is 0 Å². The van der Waals surface area contributed by atoms with Crippen LogP contribution in [0.15, 0.2) is 0 Å². The van der Waals surface area contributed by atoms with Crippen LogP contribution in [0.2, 0.25) is 34.8 Å². The molecule has 0 aromatic rings. The fourth-order valence-corrected chi connectivity index (χ4v) is 13.8. The summed E-state index contributed by atoms with van der Waals surface area (Å²) in [6, 6.07) is 1.28. The molecular weight excluding hydrogens is 266 g/mol. The first-order valence-electron chi connectivity index (χ1n) is 7.74. The SMILES string of the molecule is CCC(C[Si](C(C)C)(C(C)C)C(C)C)[Si](C)C(N)=O. The van der Waals surface area contributed by atoms with Gasteiger partial charge in [0.25, 0.3) is 0 Å². The number of primary amides is 1. The Morgan fingerprint density at radius 1 is 1.05 bits per heavy atom. The van der Waals surface area contributed by atoms with Crippen LogP contribution in [-0.2, 0) is 0 Å². The van der Waals surface area contributed by atoms with Crippen molar-refractivity contribution in [2.24, 2.45) is 5.73 Å². The maximum absolute atomic E-state index is 11.6. The normalized spacial score (nSPS) is 14.7. The summed E-state index contributed by atoms with van der Waals surface area (Å²) in [5, 5.41) is 0. The minimum absolute atomic E-state index is 0.0315. The summed E-state index contributed by atoms with van der Waals surface area (Å²) in [5.74, 6) is 0. The maximum atomic E-state index is 11.6. The van der Waals surface area contributed by atoms with Gasteiger partial charge in [-0.1, -0.05) is 84.1 Å². The minimum Gasteiger partial charge on any atom is -0.374 e. The molecule has 1 unspecified atom stereocenters. The van der Waals surface area contributed by atoms with Gasteiger partial charge in [-0.25, -0.2) is 0 Å². The van der Waals surface area contributed by atoms with Crippen molar-refractivity contribution in [3.05, 3.63) is 0 Å². The minimum atomic E-state index is -1.40. The fourth-order valence-electron chi connectivity index (χ4n) is 3.94. The van der Waals surface area contributed by atoms with Crippen molar-refractivity contribution in [2.75, 3.05) is 0 Å². The van der Waals surface area contributed by atoms with Gasteiger partial charge in [0.05, 0.1) is 8.07 Å². The molecule has 0 spiro atoms. The van der Waals surface area contributed by atoms with Gasteiger partial charge in [-0.15, -0.1) is 0 Å². The van der Waals surface area contributed by atoms with E-state index in [1.807, 2.05) is 0 Å². The molecule has 0 aromatic carbocycles. The zero-order valence-corrected chi connectivity index (χ0v) is 16.2. The molecule has 2 nitrogen and oxygen atoms in total. The van der Waals surface area contributed by atoms with Crippen molar-refractivity contribution >= 4 is 22.4 Å². The number of amides is 1. The topological polar surface area (TPSA) is 43.1 Å². The van der Waals surface area contributed by atoms with Gasteiger partial charge in [-0.05, 0) is 5.54 Å². The van der Waals surface area contributed by atoms with E-state index in [-0.39, 0.29) is 5.53 Å². The zero-order chi connectivity index (χ0) is 15.4. The summed E-state index contributed by atoms with van der Waals surface area (Å²) in [4.78, 5) is 11.6. The molecule has 0 saturated carbocycles. The number of hydrogen-bond donors (Lipinski definition) is 1. The first kappa shape index (κ1) is 18.9. The molecule has 0 rings (SSSR count). The standard InChI is InChI=1S/C15H34NOSi2/c1-9-14(18(8)15(16)17)10-19(11(2)3,12(4)5)13(6)7/h11-14H,9-10H2,1-8H3,(H2,16,17). The second-order valence-corrected chi connectivity index (χ2v) is 15.7. The molecule has 0 aliphatic carbocycles. The first-order valence-corrected chi connectivity index (χ1v) is 12.3. The van der Waals surface area contributed by atoms with Crippen molar-refractivity contribution < 1.29 is 4.79 Å². The summed E-state index contributed by atoms with van der Waals surface area (Å²) < 4.78 is 0. The van der Waals surface area contributed by atoms with Gasteiger partial charge in [-0.3, -0.25) is 4.79 Å². The van der Waals surface area contributed by atoms with Crippen LogP contribution in [0.1, 0.15) is 54.9 Å². The Morgan fingerprint density at radius 2 is 1.42 bits per heavy atom. The summed E-state index contributed by atoms with van der Waals surface area (Å²) in [6.45, 7) is 18.7. The Bertz CT molecular complexity index is 268. The molecule has 0 aliphatic heterocycles. The molecule has 19 heavy (non-hydrogen) atoms. The molecule has 1 atom stereocenters. The lowest BCUT2D eigenvalue weighted by Crippen LogP contribution is -2.47. The van der Waals surface area contributed by atoms with E-state index in [1.165, 1.54) is 6.04 Å². The highest BCUT2D eigenvalue weighted by Crippen LogP contribution is 2.48. The summed E-state index contributed by atoms with van der Waals surface area (Å²) in [6.07, 6.45) is 1.11. The van der Waals surface area contributed by atoms with Gasteiger partial charge in [-0.2, -0.15) is 0 Å². The van der Waals surface area contributed by atoms with Crippen molar-refractivity contribution in [3.8, 4) is 0 Å². The molecule has 0 bridgehead atoms. The van der Waals surface area contributed by atoms with Crippen molar-refractivity contribution in [3.63, 3.8) is 0 Å². The Morgan fingerprint density at radius 3 is 1.63 bits per heavy atom. The van der Waals surface area contributed by atoms with E-state index in [2.05, 4.69) is 55.0 Å². The average molecular weight is 301 g/mol. The van der Waals surface area contributed by atoms with Crippen LogP contribution in [0.3, 0.4) is 0 Å². The Hall–Kier alpha value is -0.0962. The van der Waals surface area contributed by atoms with Crippen molar-refractivity contribution in [1.29, 1.82) is 0 Å². The van der Waals surface area contributed by atoms with E-state index >= 15 is 0 Å². The monoisotopic (exact) mass is 300 g/mol. The molecule has 113 valence electrons. The lowest BCUT2D eigenvalue weighted by molar-refractivity contribution is 0.265. The van der Waals surface area contributed by atoms with Crippen LogP contribution in [0.5, 0.6) is 0 Å². The molecule has 0 saturated heterocycles. The van der Waals surface area contributed by atoms with Crippen LogP contribution >= 0.6 is 0 Å². The van der Waals surface area contributed by atoms with Gasteiger partial charge in [0, 0.05) is 0 Å². The van der Waals surface area contributed by atoms with Crippen LogP contribution in [0.25, 0.3) is 0 Å². The third-order valence-corrected chi connectivity index (χ3v) is 16.0. The summed E-state index contributed by atoms with van der Waals surface area (Å²) >= 11 is 0. The lowest BCUT2D eigenvalue weighted by Gasteiger charge is -2.46. The predicted molar refractivity (Wildman–Crippen MR) is 91.1 cm³/mol. The molecule has 1 radical (unpaired) electrons. The highest BCUT2D eigenvalue weighted by atomic mass is 28.3. The van der Waals surface area contributed by atoms with E-state index in [1.54, 1.807) is 0 Å². The molecule has 2 N–H and O–H groups in total. The third-order valence-electron chi connectivity index (χ3n) is 5.32. The van der Waals surface area contributed by atoms with E-state index in [4.69, 9.17) is 5.73 Å². The van der Waals surface area contributed by atoms with Crippen molar-refractivity contribution in [2.45, 2.75) is 89.6 Å². The quantitative estimate of drug-likeness (QED) is 0.613. The number of nitrogens with two attached hydrogens (primary N) is 1. The molecule has 0 fully saturated rings. The Labute approximate surface area is 123 Å². The smallest absolute Gasteiger partial charge is 0.187 e. The van der Waals surface area contributed by atoms with Gasteiger partial charge in [0.15, 0.2) is 14.3 Å². The summed E-state index contributed by atoms with van der Waals surface area (Å²) in [7, 11) is -2.46. The predicted octanol–water partition coefficient (Wildman–Crippen LogP) is 5.23. The van der Waals surface area contributed by atoms with Crippen LogP contribution in [0.4, 0.5) is 4.79 Å². The average Bonchev–Trinajstić information content (AvgIpc) is 2.28. The number of carbonyl (C=O) groups is 1. The van der Waals surface area contributed by atoms with Crippen LogP contribution < -0.4 is 5.73 Å². The zero-order valence-electron chi connectivity index (χ0n) is 14.2. The first-order chi connectivity index (χ1) is 8.61. The molecule has 0 aromatic heterocycles. The third kappa shape index (κ3) is 4.18. The second-order valence-electron chi connectivity index (χ2n) is 6.93. The maximum Gasteiger partial charge on any atom is 0.187 e. The van der Waals surface area contributed by atoms with Gasteiger partial charge in [0.1, 0.15) is 0 Å². The molecule has 0 aliphatic rings. The lowest BCUT2D eigenvalue weighted by atomic mass is 10.4. The molecule has 0 heterocycles. The molecule has 1 amide bonds. The molecular formula is C15H34NOSi2. The van der Waals surface area contributed by atoms with E-state index in [0.29, 0.717) is 5.54 Å². The van der Waals surface area contributed by atoms with Gasteiger partial charge in [0.2, 0.25) is 0 Å². The fraction of sp³-hybridized carbons (Fsp3) is 0.933. The highest BCUT2D eigenvalue weighted by Gasteiger charge is 2.45. The number of hydrogen-bond acceptors (Lipinski definition) is 1. The Kier molecular flexibility index (Phi) is 7.59. The van der Waals surface area contributed by atoms with E-state index < -0.39 is 16.9 Å². The van der Waals surface area contributed by atoms with E-state index in [9.17, 15) is 4.79 Å². The van der Waals surface area contributed by atoms with Crippen LogP contribution in [-0.4, -0.2) is 22.4 Å². The summed E-state index contributed by atoms with van der Waals surface area (Å²) in [5.41, 5.74) is 8.41. The largest absolute Gasteiger partial charge is 0.374 e. The Balaban J connectivity index is 5.35. The second kappa shape index (κ2) is 7.62. The van der Waals surface area contributed by atoms with Gasteiger partial charge < -0.3 is 5.73 Å². The number of carbonyl (C=O) groups excluding carboxylic acids is 1. The van der Waals surface area contributed by atoms with Crippen LogP contribution in [0, 0.1) is 0 Å². The van der Waals surface area contributed by atoms with E-state index in [0.717, 1.165) is 23.0 Å². The van der Waals surface area contributed by atoms with Crippen molar-refractivity contribution in [1.82, 2.24) is 0 Å². The highest BCUT2D eigenvalue weighted by molar-refractivity contribution is 6.92. The number of rotatable bonds is 8. The molecule has 4 heteroatoms.